The van der Waals surface area contributed by atoms with Gasteiger partial charge in [0.15, 0.2) is 0 Å². The van der Waals surface area contributed by atoms with Crippen LogP contribution in [0, 0.1) is 0 Å². The molecule has 0 aliphatic heterocycles. The topological polar surface area (TPSA) is 49.6 Å². The van der Waals surface area contributed by atoms with Crippen LogP contribution in [-0.4, -0.2) is 49.4 Å². The highest BCUT2D eigenvalue weighted by molar-refractivity contribution is 7.16. The van der Waals surface area contributed by atoms with Gasteiger partial charge in [-0.25, -0.2) is 0 Å². The highest BCUT2D eigenvalue weighted by Gasteiger charge is 2.12. The van der Waals surface area contributed by atoms with Crippen LogP contribution in [0.15, 0.2) is 12.1 Å². The van der Waals surface area contributed by atoms with Crippen LogP contribution in [0.2, 0.25) is 4.34 Å². The Hall–Kier alpha value is -0.620. The number of nitrogens with two attached hydrogens (primary N) is 1. The molecule has 1 aromatic heterocycles. The fourth-order valence-electron chi connectivity index (χ4n) is 1.55. The molecule has 0 radical (unpaired) electrons. The van der Waals surface area contributed by atoms with Crippen molar-refractivity contribution in [1.29, 1.82) is 0 Å². The zero-order valence-corrected chi connectivity index (χ0v) is 12.4. The molecule has 1 heterocycles. The fraction of sp³-hybridized carbons (Fsp3) is 0.583. The Balaban J connectivity index is 2.36. The SMILES string of the molecule is CN(CCCN)CC(=O)N(C)Cc1ccc(Cl)s1. The lowest BCUT2D eigenvalue weighted by Crippen LogP contribution is -2.36. The van der Waals surface area contributed by atoms with E-state index < -0.39 is 0 Å². The highest BCUT2D eigenvalue weighted by atomic mass is 35.5. The second-order valence-corrected chi connectivity index (χ2v) is 6.14. The molecule has 6 heteroatoms. The maximum absolute atomic E-state index is 12.0. The summed E-state index contributed by atoms with van der Waals surface area (Å²) in [6.07, 6.45) is 0.911. The molecule has 0 spiro atoms. The van der Waals surface area contributed by atoms with Crippen LogP contribution >= 0.6 is 22.9 Å². The molecule has 0 aliphatic rings. The first-order chi connectivity index (χ1) is 8.52. The van der Waals surface area contributed by atoms with E-state index in [1.54, 1.807) is 4.90 Å². The summed E-state index contributed by atoms with van der Waals surface area (Å²) in [5.41, 5.74) is 5.44. The number of likely N-dealkylation sites (N-methyl/N-ethyl adjacent to an activating group) is 2. The van der Waals surface area contributed by atoms with Crippen LogP contribution in [-0.2, 0) is 11.3 Å². The van der Waals surface area contributed by atoms with E-state index in [9.17, 15) is 4.79 Å². The molecule has 0 saturated heterocycles. The van der Waals surface area contributed by atoms with E-state index in [-0.39, 0.29) is 5.91 Å². The summed E-state index contributed by atoms with van der Waals surface area (Å²) in [6.45, 7) is 2.54. The Morgan fingerprint density at radius 2 is 2.17 bits per heavy atom. The summed E-state index contributed by atoms with van der Waals surface area (Å²) in [6, 6.07) is 3.81. The van der Waals surface area contributed by atoms with Gasteiger partial charge < -0.3 is 10.6 Å². The number of hydrogen-bond donors (Lipinski definition) is 1. The van der Waals surface area contributed by atoms with Crippen LogP contribution in [0.3, 0.4) is 0 Å². The number of halogens is 1. The van der Waals surface area contributed by atoms with Crippen molar-refractivity contribution in [2.24, 2.45) is 5.73 Å². The smallest absolute Gasteiger partial charge is 0.236 e. The highest BCUT2D eigenvalue weighted by Crippen LogP contribution is 2.22. The largest absolute Gasteiger partial charge is 0.340 e. The molecule has 102 valence electrons. The lowest BCUT2D eigenvalue weighted by molar-refractivity contribution is -0.131. The number of amides is 1. The molecule has 0 bridgehead atoms. The Kier molecular flexibility index (Phi) is 6.63. The summed E-state index contributed by atoms with van der Waals surface area (Å²) >= 11 is 7.37. The summed E-state index contributed by atoms with van der Waals surface area (Å²) in [5, 5.41) is 0. The number of rotatable bonds is 7. The third-order valence-corrected chi connectivity index (χ3v) is 3.81. The Bertz CT molecular complexity index is 383. The van der Waals surface area contributed by atoms with E-state index in [4.69, 9.17) is 17.3 Å². The minimum absolute atomic E-state index is 0.110. The third-order valence-electron chi connectivity index (χ3n) is 2.60. The van der Waals surface area contributed by atoms with Crippen LogP contribution < -0.4 is 5.73 Å². The third kappa shape index (κ3) is 5.35. The molecule has 1 rings (SSSR count). The summed E-state index contributed by atoms with van der Waals surface area (Å²) < 4.78 is 0.755. The van der Waals surface area contributed by atoms with Crippen molar-refractivity contribution >= 4 is 28.8 Å². The van der Waals surface area contributed by atoms with Gasteiger partial charge in [-0.05, 0) is 38.7 Å². The minimum atomic E-state index is 0.110. The van der Waals surface area contributed by atoms with Gasteiger partial charge >= 0.3 is 0 Å². The maximum Gasteiger partial charge on any atom is 0.236 e. The van der Waals surface area contributed by atoms with Gasteiger partial charge in [0, 0.05) is 11.9 Å². The second kappa shape index (κ2) is 7.74. The summed E-state index contributed by atoms with van der Waals surface area (Å²) in [7, 11) is 3.75. The Morgan fingerprint density at radius 1 is 1.44 bits per heavy atom. The standard InChI is InChI=1S/C12H20ClN3OS/c1-15(7-3-6-14)9-12(17)16(2)8-10-4-5-11(13)18-10/h4-5H,3,6-9,14H2,1-2H3. The van der Waals surface area contributed by atoms with Gasteiger partial charge in [-0.15, -0.1) is 11.3 Å². The van der Waals surface area contributed by atoms with Crippen molar-refractivity contribution < 1.29 is 4.79 Å². The van der Waals surface area contributed by atoms with Crippen molar-refractivity contribution in [2.45, 2.75) is 13.0 Å². The number of hydrogen-bond acceptors (Lipinski definition) is 4. The molecule has 0 atom stereocenters. The average molecular weight is 290 g/mol. The van der Waals surface area contributed by atoms with Gasteiger partial charge in [0.1, 0.15) is 0 Å². The number of carbonyl (C=O) groups excluding carboxylic acids is 1. The van der Waals surface area contributed by atoms with Gasteiger partial charge in [0.25, 0.3) is 0 Å². The zero-order valence-electron chi connectivity index (χ0n) is 10.9. The molecular weight excluding hydrogens is 270 g/mol. The number of carbonyl (C=O) groups is 1. The lowest BCUT2D eigenvalue weighted by atomic mass is 10.3. The molecule has 0 unspecified atom stereocenters. The van der Waals surface area contributed by atoms with E-state index in [2.05, 4.69) is 0 Å². The van der Waals surface area contributed by atoms with E-state index in [1.165, 1.54) is 11.3 Å². The van der Waals surface area contributed by atoms with Crippen LogP contribution in [0.25, 0.3) is 0 Å². The second-order valence-electron chi connectivity index (χ2n) is 4.34. The maximum atomic E-state index is 12.0. The lowest BCUT2D eigenvalue weighted by Gasteiger charge is -2.21. The van der Waals surface area contributed by atoms with E-state index in [0.717, 1.165) is 22.2 Å². The van der Waals surface area contributed by atoms with Crippen LogP contribution in [0.4, 0.5) is 0 Å². The average Bonchev–Trinajstić information content (AvgIpc) is 2.72. The summed E-state index contributed by atoms with van der Waals surface area (Å²) in [4.78, 5) is 16.8. The van der Waals surface area contributed by atoms with Gasteiger partial charge in [-0.2, -0.15) is 0 Å². The zero-order chi connectivity index (χ0) is 13.5. The first-order valence-corrected chi connectivity index (χ1v) is 7.09. The monoisotopic (exact) mass is 289 g/mol. The van der Waals surface area contributed by atoms with Crippen molar-refractivity contribution in [2.75, 3.05) is 33.7 Å². The first-order valence-electron chi connectivity index (χ1n) is 5.89. The van der Waals surface area contributed by atoms with E-state index in [0.29, 0.717) is 19.6 Å². The first kappa shape index (κ1) is 15.4. The van der Waals surface area contributed by atoms with Gasteiger partial charge in [-0.3, -0.25) is 9.69 Å². The fourth-order valence-corrected chi connectivity index (χ4v) is 2.69. The van der Waals surface area contributed by atoms with E-state index >= 15 is 0 Å². The normalized spacial score (nSPS) is 10.9. The van der Waals surface area contributed by atoms with Gasteiger partial charge in [0.05, 0.1) is 17.4 Å². The molecule has 0 saturated carbocycles. The molecule has 1 amide bonds. The molecule has 4 nitrogen and oxygen atoms in total. The summed E-state index contributed by atoms with van der Waals surface area (Å²) in [5.74, 6) is 0.110. The molecule has 1 aromatic rings. The van der Waals surface area contributed by atoms with Gasteiger partial charge in [0.2, 0.25) is 5.91 Å². The van der Waals surface area contributed by atoms with Gasteiger partial charge in [-0.1, -0.05) is 11.6 Å². The van der Waals surface area contributed by atoms with Crippen molar-refractivity contribution in [3.8, 4) is 0 Å². The molecule has 0 aromatic carbocycles. The Morgan fingerprint density at radius 3 is 2.72 bits per heavy atom. The molecular formula is C12H20ClN3OS. The predicted octanol–water partition coefficient (Wildman–Crippen LogP) is 1.64. The minimum Gasteiger partial charge on any atom is -0.340 e. The quantitative estimate of drug-likeness (QED) is 0.830. The number of thiophene rings is 1. The molecule has 18 heavy (non-hydrogen) atoms. The van der Waals surface area contributed by atoms with Crippen molar-refractivity contribution in [3.05, 3.63) is 21.3 Å². The number of nitrogens with zero attached hydrogens (tertiary/aromatic N) is 2. The molecule has 0 fully saturated rings. The van der Waals surface area contributed by atoms with Crippen molar-refractivity contribution in [3.63, 3.8) is 0 Å². The van der Waals surface area contributed by atoms with E-state index in [1.807, 2.05) is 31.1 Å². The molecule has 0 aliphatic carbocycles. The van der Waals surface area contributed by atoms with Crippen LogP contribution in [0.1, 0.15) is 11.3 Å². The van der Waals surface area contributed by atoms with Crippen molar-refractivity contribution in [1.82, 2.24) is 9.80 Å². The van der Waals surface area contributed by atoms with Crippen LogP contribution in [0.5, 0.6) is 0 Å². The predicted molar refractivity (Wildman–Crippen MR) is 77.0 cm³/mol. The Labute approximate surface area is 117 Å². The molecule has 2 N–H and O–H groups in total.